The summed E-state index contributed by atoms with van der Waals surface area (Å²) in [6, 6.07) is 19.6. The van der Waals surface area contributed by atoms with Gasteiger partial charge in [-0.05, 0) is 47.7 Å². The molecule has 3 heterocycles. The number of aromatic nitrogens is 1. The fraction of sp³-hybridized carbons (Fsp3) is 0.200. The summed E-state index contributed by atoms with van der Waals surface area (Å²) < 4.78 is 15.4. The van der Waals surface area contributed by atoms with Gasteiger partial charge in [0.05, 0.1) is 6.54 Å². The minimum atomic E-state index is -1.11. The first kappa shape index (κ1) is 20.5. The van der Waals surface area contributed by atoms with Crippen molar-refractivity contribution in [3.63, 3.8) is 0 Å². The van der Waals surface area contributed by atoms with Crippen molar-refractivity contribution in [2.75, 3.05) is 0 Å². The largest absolute Gasteiger partial charge is 0.350 e. The summed E-state index contributed by atoms with van der Waals surface area (Å²) in [5.41, 5.74) is 1.22. The molecule has 0 fully saturated rings. The molecule has 0 unspecified atom stereocenters. The number of nitrogens with zero attached hydrogens (tertiary/aromatic N) is 2. The summed E-state index contributed by atoms with van der Waals surface area (Å²) in [7, 11) is 0. The summed E-state index contributed by atoms with van der Waals surface area (Å²) in [6.45, 7) is 2.74. The minimum absolute atomic E-state index is 0.207. The van der Waals surface area contributed by atoms with Crippen LogP contribution in [0.3, 0.4) is 0 Å². The first-order chi connectivity index (χ1) is 15.5. The van der Waals surface area contributed by atoms with Gasteiger partial charge in [-0.1, -0.05) is 42.5 Å². The van der Waals surface area contributed by atoms with Crippen LogP contribution in [0.5, 0.6) is 0 Å². The molecule has 1 N–H and O–H groups in total. The molecular weight excluding hydrogens is 425 g/mol. The lowest BCUT2D eigenvalue weighted by Gasteiger charge is -2.44. The molecule has 32 heavy (non-hydrogen) atoms. The second kappa shape index (κ2) is 7.91. The van der Waals surface area contributed by atoms with E-state index in [0.717, 1.165) is 21.3 Å². The number of carbonyl (C=O) groups excluding carboxylic acids is 2. The number of rotatable bonds is 5. The van der Waals surface area contributed by atoms with Gasteiger partial charge in [0.15, 0.2) is 0 Å². The second-order valence-corrected chi connectivity index (χ2v) is 9.15. The van der Waals surface area contributed by atoms with Gasteiger partial charge >= 0.3 is 0 Å². The van der Waals surface area contributed by atoms with E-state index in [-0.39, 0.29) is 24.2 Å². The number of benzene rings is 2. The van der Waals surface area contributed by atoms with Crippen LogP contribution in [0.1, 0.15) is 28.5 Å². The number of fused-ring (bicyclic) bond motifs is 3. The number of hydrogen-bond donors (Lipinski definition) is 1. The van der Waals surface area contributed by atoms with Crippen molar-refractivity contribution < 1.29 is 14.0 Å². The van der Waals surface area contributed by atoms with Gasteiger partial charge in [0.2, 0.25) is 5.91 Å². The first-order valence-corrected chi connectivity index (χ1v) is 11.3. The van der Waals surface area contributed by atoms with Gasteiger partial charge in [-0.25, -0.2) is 4.39 Å². The average molecular weight is 448 g/mol. The van der Waals surface area contributed by atoms with Gasteiger partial charge in [-0.15, -0.1) is 11.3 Å². The van der Waals surface area contributed by atoms with Gasteiger partial charge in [0.1, 0.15) is 21.9 Å². The Balaban J connectivity index is 1.51. The highest BCUT2D eigenvalue weighted by molar-refractivity contribution is 7.16. The number of amides is 2. The van der Waals surface area contributed by atoms with Crippen LogP contribution in [-0.4, -0.2) is 26.8 Å². The summed E-state index contributed by atoms with van der Waals surface area (Å²) in [6.07, 6.45) is 0. The zero-order valence-corrected chi connectivity index (χ0v) is 18.4. The maximum Gasteiger partial charge on any atom is 0.271 e. The molecule has 1 atom stereocenters. The quantitative estimate of drug-likeness (QED) is 0.487. The maximum atomic E-state index is 13.6. The lowest BCUT2D eigenvalue weighted by atomic mass is 9.93. The fourth-order valence-corrected chi connectivity index (χ4v) is 5.14. The Kier molecular flexibility index (Phi) is 5.06. The highest BCUT2D eigenvalue weighted by atomic mass is 32.1. The van der Waals surface area contributed by atoms with Crippen molar-refractivity contribution in [2.24, 2.45) is 0 Å². The smallest absolute Gasteiger partial charge is 0.271 e. The Morgan fingerprint density at radius 2 is 1.84 bits per heavy atom. The van der Waals surface area contributed by atoms with Crippen molar-refractivity contribution in [1.82, 2.24) is 14.8 Å². The summed E-state index contributed by atoms with van der Waals surface area (Å²) in [5, 5.41) is 6.00. The molecule has 0 saturated heterocycles. The van der Waals surface area contributed by atoms with E-state index in [4.69, 9.17) is 0 Å². The van der Waals surface area contributed by atoms with Crippen molar-refractivity contribution >= 4 is 33.4 Å². The van der Waals surface area contributed by atoms with E-state index in [9.17, 15) is 14.0 Å². The van der Waals surface area contributed by atoms with Crippen molar-refractivity contribution in [3.8, 4) is 0 Å². The molecular formula is C25H22FN3O2S. The van der Waals surface area contributed by atoms with E-state index < -0.39 is 5.54 Å². The summed E-state index contributed by atoms with van der Waals surface area (Å²) in [5.74, 6) is -0.765. The molecule has 0 radical (unpaired) electrons. The Morgan fingerprint density at radius 3 is 2.59 bits per heavy atom. The molecule has 2 amide bonds. The number of nitrogens with one attached hydrogen (secondary N) is 1. The maximum absolute atomic E-state index is 13.6. The highest BCUT2D eigenvalue weighted by Crippen LogP contribution is 2.35. The molecule has 0 aliphatic carbocycles. The van der Waals surface area contributed by atoms with Crippen LogP contribution in [0.25, 0.3) is 10.2 Å². The van der Waals surface area contributed by atoms with E-state index in [0.29, 0.717) is 18.8 Å². The third-order valence-electron chi connectivity index (χ3n) is 6.07. The average Bonchev–Trinajstić information content (AvgIpc) is 3.39. The normalized spacial score (nSPS) is 18.1. The van der Waals surface area contributed by atoms with Crippen LogP contribution >= 0.6 is 11.3 Å². The molecule has 0 bridgehead atoms. The molecule has 4 aromatic rings. The van der Waals surface area contributed by atoms with Crippen LogP contribution < -0.4 is 5.32 Å². The van der Waals surface area contributed by atoms with Gasteiger partial charge in [-0.2, -0.15) is 0 Å². The van der Waals surface area contributed by atoms with Crippen LogP contribution in [0, 0.1) is 5.82 Å². The lowest BCUT2D eigenvalue weighted by molar-refractivity contribution is -0.133. The van der Waals surface area contributed by atoms with E-state index in [1.54, 1.807) is 35.3 Å². The van der Waals surface area contributed by atoms with Gasteiger partial charge in [0.25, 0.3) is 5.91 Å². The number of halogens is 1. The molecule has 2 aromatic heterocycles. The zero-order chi connectivity index (χ0) is 22.3. The van der Waals surface area contributed by atoms with E-state index in [1.165, 1.54) is 12.1 Å². The zero-order valence-electron chi connectivity index (χ0n) is 17.5. The Hall–Kier alpha value is -3.45. The minimum Gasteiger partial charge on any atom is -0.350 e. The Morgan fingerprint density at radius 1 is 1.09 bits per heavy atom. The molecule has 162 valence electrons. The predicted octanol–water partition coefficient (Wildman–Crippen LogP) is 4.57. The highest BCUT2D eigenvalue weighted by Gasteiger charge is 2.47. The third-order valence-corrected chi connectivity index (χ3v) is 7.02. The molecule has 1 aliphatic rings. The molecule has 5 rings (SSSR count). The van der Waals surface area contributed by atoms with E-state index >= 15 is 0 Å². The van der Waals surface area contributed by atoms with E-state index in [1.807, 2.05) is 52.4 Å². The van der Waals surface area contributed by atoms with Gasteiger partial charge in [-0.3, -0.25) is 9.59 Å². The lowest BCUT2D eigenvalue weighted by Crippen LogP contribution is -2.63. The van der Waals surface area contributed by atoms with Gasteiger partial charge in [0, 0.05) is 18.5 Å². The standard InChI is InChI=1S/C25H22FN3O2S/c1-25(24(31)27-14-17-5-3-2-4-6-17)16-28-21(13-19-11-12-32-23(19)28)22(30)29(25)15-18-7-9-20(26)10-8-18/h2-13H,14-16H2,1H3,(H,27,31)/t25-/m1/s1. The summed E-state index contributed by atoms with van der Waals surface area (Å²) >= 11 is 1.56. The van der Waals surface area contributed by atoms with Gasteiger partial charge < -0.3 is 14.8 Å². The number of hydrogen-bond acceptors (Lipinski definition) is 3. The molecule has 1 aliphatic heterocycles. The molecule has 5 nitrogen and oxygen atoms in total. The number of thiophene rings is 1. The number of carbonyl (C=O) groups is 2. The second-order valence-electron chi connectivity index (χ2n) is 8.26. The molecule has 0 saturated carbocycles. The topological polar surface area (TPSA) is 54.3 Å². The van der Waals surface area contributed by atoms with Crippen LogP contribution in [-0.2, 0) is 24.4 Å². The monoisotopic (exact) mass is 447 g/mol. The SMILES string of the molecule is C[C@]1(C(=O)NCc2ccccc2)Cn2c(cc3ccsc32)C(=O)N1Cc1ccc(F)cc1. The van der Waals surface area contributed by atoms with Crippen molar-refractivity contribution in [2.45, 2.75) is 32.1 Å². The van der Waals surface area contributed by atoms with Crippen molar-refractivity contribution in [3.05, 3.63) is 94.7 Å². The van der Waals surface area contributed by atoms with Crippen molar-refractivity contribution in [1.29, 1.82) is 0 Å². The van der Waals surface area contributed by atoms with Crippen LogP contribution in [0.15, 0.2) is 72.1 Å². The first-order valence-electron chi connectivity index (χ1n) is 10.4. The molecule has 0 spiro atoms. The Bertz CT molecular complexity index is 1300. The third kappa shape index (κ3) is 3.48. The Labute approximate surface area is 189 Å². The van der Waals surface area contributed by atoms with E-state index in [2.05, 4.69) is 5.32 Å². The fourth-order valence-electron chi connectivity index (χ4n) is 4.25. The van der Waals surface area contributed by atoms with Crippen LogP contribution in [0.2, 0.25) is 0 Å². The summed E-state index contributed by atoms with van der Waals surface area (Å²) in [4.78, 5) is 29.7. The molecule has 7 heteroatoms. The van der Waals surface area contributed by atoms with Crippen LogP contribution in [0.4, 0.5) is 4.39 Å². The predicted molar refractivity (Wildman–Crippen MR) is 123 cm³/mol. The molecule has 2 aromatic carbocycles.